The molecule has 2 aliphatic rings. The molecule has 106 valence electrons. The van der Waals surface area contributed by atoms with Crippen LogP contribution in [-0.4, -0.2) is 54.0 Å². The number of hydrogen-bond acceptors (Lipinski definition) is 3. The van der Waals surface area contributed by atoms with Crippen molar-refractivity contribution in [1.29, 1.82) is 0 Å². The van der Waals surface area contributed by atoms with Crippen LogP contribution in [0.15, 0.2) is 18.2 Å². The minimum absolute atomic E-state index is 0.0471. The Balaban J connectivity index is 1.76. The maximum atomic E-state index is 12.5. The van der Waals surface area contributed by atoms with Gasteiger partial charge in [-0.2, -0.15) is 0 Å². The Bertz CT molecular complexity index is 557. The largest absolute Gasteiger partial charge is 0.399 e. The average Bonchev–Trinajstić information content (AvgIpc) is 2.78. The second kappa shape index (κ2) is 4.86. The number of amides is 3. The van der Waals surface area contributed by atoms with Crippen molar-refractivity contribution in [3.63, 3.8) is 0 Å². The minimum Gasteiger partial charge on any atom is -0.399 e. The highest BCUT2D eigenvalue weighted by atomic mass is 35.5. The molecule has 1 aromatic carbocycles. The van der Waals surface area contributed by atoms with Gasteiger partial charge in [0, 0.05) is 42.5 Å². The van der Waals surface area contributed by atoms with Crippen LogP contribution in [0.25, 0.3) is 0 Å². The summed E-state index contributed by atoms with van der Waals surface area (Å²) in [6, 6.07) is 4.85. The lowest BCUT2D eigenvalue weighted by molar-refractivity contribution is 0.0617. The molecule has 1 aromatic rings. The van der Waals surface area contributed by atoms with Crippen LogP contribution in [0.2, 0.25) is 5.02 Å². The van der Waals surface area contributed by atoms with Crippen LogP contribution < -0.4 is 11.1 Å². The molecule has 7 heteroatoms. The van der Waals surface area contributed by atoms with Crippen molar-refractivity contribution in [3.8, 4) is 0 Å². The first-order valence-corrected chi connectivity index (χ1v) is 6.82. The molecule has 0 aromatic heterocycles. The molecule has 0 bridgehead atoms. The number of urea groups is 1. The summed E-state index contributed by atoms with van der Waals surface area (Å²) >= 11 is 5.93. The van der Waals surface area contributed by atoms with Gasteiger partial charge in [0.15, 0.2) is 0 Å². The average molecular weight is 295 g/mol. The standard InChI is InChI=1S/C13H15ClN4O2/c14-9-3-8(4-10(15)5-9)12(19)17-1-2-18-11(7-17)6-16-13(18)20/h3-5,11H,1-2,6-7,15H2,(H,16,20). The van der Waals surface area contributed by atoms with Crippen molar-refractivity contribution in [2.45, 2.75) is 6.04 Å². The van der Waals surface area contributed by atoms with E-state index in [-0.39, 0.29) is 18.0 Å². The second-order valence-corrected chi connectivity index (χ2v) is 5.49. The normalized spacial score (nSPS) is 21.6. The Labute approximate surface area is 121 Å². The van der Waals surface area contributed by atoms with Crippen molar-refractivity contribution in [2.24, 2.45) is 0 Å². The number of anilines is 1. The predicted octanol–water partition coefficient (Wildman–Crippen LogP) is 0.772. The molecule has 0 radical (unpaired) electrons. The molecular weight excluding hydrogens is 280 g/mol. The lowest BCUT2D eigenvalue weighted by atomic mass is 10.1. The van der Waals surface area contributed by atoms with Crippen LogP contribution in [-0.2, 0) is 0 Å². The molecule has 2 heterocycles. The number of halogens is 1. The van der Waals surface area contributed by atoms with Crippen LogP contribution in [0.5, 0.6) is 0 Å². The Morgan fingerprint density at radius 1 is 1.35 bits per heavy atom. The molecule has 0 saturated carbocycles. The zero-order valence-corrected chi connectivity index (χ0v) is 11.6. The van der Waals surface area contributed by atoms with E-state index in [1.54, 1.807) is 28.0 Å². The van der Waals surface area contributed by atoms with Gasteiger partial charge in [-0.05, 0) is 18.2 Å². The van der Waals surface area contributed by atoms with E-state index in [1.807, 2.05) is 0 Å². The fourth-order valence-corrected chi connectivity index (χ4v) is 2.95. The molecular formula is C13H15ClN4O2. The smallest absolute Gasteiger partial charge is 0.317 e. The highest BCUT2D eigenvalue weighted by molar-refractivity contribution is 6.31. The summed E-state index contributed by atoms with van der Waals surface area (Å²) in [6.45, 7) is 2.19. The molecule has 0 spiro atoms. The summed E-state index contributed by atoms with van der Waals surface area (Å²) in [6.07, 6.45) is 0. The number of fused-ring (bicyclic) bond motifs is 1. The highest BCUT2D eigenvalue weighted by Gasteiger charge is 2.37. The van der Waals surface area contributed by atoms with E-state index in [1.165, 1.54) is 0 Å². The zero-order chi connectivity index (χ0) is 14.3. The summed E-state index contributed by atoms with van der Waals surface area (Å²) in [4.78, 5) is 27.5. The van der Waals surface area contributed by atoms with Gasteiger partial charge in [-0.3, -0.25) is 4.79 Å². The lowest BCUT2D eigenvalue weighted by Crippen LogP contribution is -2.53. The van der Waals surface area contributed by atoms with Gasteiger partial charge in [0.05, 0.1) is 6.04 Å². The molecule has 20 heavy (non-hydrogen) atoms. The molecule has 2 aliphatic heterocycles. The number of carbonyl (C=O) groups is 2. The van der Waals surface area contributed by atoms with Crippen LogP contribution in [0.3, 0.4) is 0 Å². The summed E-state index contributed by atoms with van der Waals surface area (Å²) in [5.41, 5.74) is 6.67. The van der Waals surface area contributed by atoms with Crippen LogP contribution in [0.4, 0.5) is 10.5 Å². The third-order valence-corrected chi connectivity index (χ3v) is 3.90. The van der Waals surface area contributed by atoms with E-state index in [0.29, 0.717) is 42.5 Å². The Hall–Kier alpha value is -1.95. The van der Waals surface area contributed by atoms with Gasteiger partial charge in [0.1, 0.15) is 0 Å². The molecule has 2 saturated heterocycles. The van der Waals surface area contributed by atoms with Crippen LogP contribution in [0, 0.1) is 0 Å². The third kappa shape index (κ3) is 2.27. The van der Waals surface area contributed by atoms with Gasteiger partial charge in [0.2, 0.25) is 0 Å². The van der Waals surface area contributed by atoms with E-state index < -0.39 is 0 Å². The number of rotatable bonds is 1. The molecule has 2 fully saturated rings. The minimum atomic E-state index is -0.0989. The molecule has 3 rings (SSSR count). The number of nitrogens with one attached hydrogen (secondary N) is 1. The first-order valence-electron chi connectivity index (χ1n) is 6.44. The predicted molar refractivity (Wildman–Crippen MR) is 75.7 cm³/mol. The molecule has 3 N–H and O–H groups in total. The van der Waals surface area contributed by atoms with E-state index in [2.05, 4.69) is 5.32 Å². The van der Waals surface area contributed by atoms with Gasteiger partial charge in [-0.1, -0.05) is 11.6 Å². The van der Waals surface area contributed by atoms with Gasteiger partial charge in [-0.25, -0.2) is 4.79 Å². The van der Waals surface area contributed by atoms with Gasteiger partial charge in [0.25, 0.3) is 5.91 Å². The van der Waals surface area contributed by atoms with E-state index in [9.17, 15) is 9.59 Å². The van der Waals surface area contributed by atoms with Crippen LogP contribution >= 0.6 is 11.6 Å². The molecule has 6 nitrogen and oxygen atoms in total. The number of piperazine rings is 1. The first kappa shape index (κ1) is 13.1. The van der Waals surface area contributed by atoms with E-state index in [0.717, 1.165) is 0 Å². The van der Waals surface area contributed by atoms with Gasteiger partial charge >= 0.3 is 6.03 Å². The number of nitrogen functional groups attached to an aromatic ring is 1. The SMILES string of the molecule is Nc1cc(Cl)cc(C(=O)N2CCN3C(=O)NCC3C2)c1. The number of nitrogens with two attached hydrogens (primary N) is 1. The summed E-state index contributed by atoms with van der Waals surface area (Å²) in [5.74, 6) is -0.0989. The number of hydrogen-bond donors (Lipinski definition) is 2. The van der Waals surface area contributed by atoms with Crippen molar-refractivity contribution in [3.05, 3.63) is 28.8 Å². The molecule has 0 aliphatic carbocycles. The summed E-state index contributed by atoms with van der Waals surface area (Å²) in [7, 11) is 0. The number of benzene rings is 1. The zero-order valence-electron chi connectivity index (χ0n) is 10.8. The van der Waals surface area contributed by atoms with Crippen LogP contribution in [0.1, 0.15) is 10.4 Å². The first-order chi connectivity index (χ1) is 9.54. The maximum Gasteiger partial charge on any atom is 0.317 e. The third-order valence-electron chi connectivity index (χ3n) is 3.69. The highest BCUT2D eigenvalue weighted by Crippen LogP contribution is 2.20. The molecule has 1 unspecified atom stereocenters. The summed E-state index contributed by atoms with van der Waals surface area (Å²) in [5, 5.41) is 3.24. The van der Waals surface area contributed by atoms with E-state index in [4.69, 9.17) is 17.3 Å². The number of nitrogens with zero attached hydrogens (tertiary/aromatic N) is 2. The molecule has 1 atom stereocenters. The fraction of sp³-hybridized carbons (Fsp3) is 0.385. The Morgan fingerprint density at radius 2 is 2.15 bits per heavy atom. The van der Waals surface area contributed by atoms with E-state index >= 15 is 0 Å². The second-order valence-electron chi connectivity index (χ2n) is 5.06. The quantitative estimate of drug-likeness (QED) is 0.751. The van der Waals surface area contributed by atoms with Crippen molar-refractivity contribution in [1.82, 2.24) is 15.1 Å². The molecule has 3 amide bonds. The van der Waals surface area contributed by atoms with Crippen molar-refractivity contribution >= 4 is 29.2 Å². The van der Waals surface area contributed by atoms with Crippen molar-refractivity contribution < 1.29 is 9.59 Å². The van der Waals surface area contributed by atoms with Gasteiger partial charge in [-0.15, -0.1) is 0 Å². The van der Waals surface area contributed by atoms with Crippen molar-refractivity contribution in [2.75, 3.05) is 31.9 Å². The van der Waals surface area contributed by atoms with Gasteiger partial charge < -0.3 is 20.9 Å². The fourth-order valence-electron chi connectivity index (χ4n) is 2.71. The number of carbonyl (C=O) groups excluding carboxylic acids is 2. The lowest BCUT2D eigenvalue weighted by Gasteiger charge is -2.36. The Morgan fingerprint density at radius 3 is 2.90 bits per heavy atom. The maximum absolute atomic E-state index is 12.5. The Kier molecular flexibility index (Phi) is 3.17. The topological polar surface area (TPSA) is 78.7 Å². The summed E-state index contributed by atoms with van der Waals surface area (Å²) < 4.78 is 0. The monoisotopic (exact) mass is 294 g/mol.